The van der Waals surface area contributed by atoms with E-state index in [0.717, 1.165) is 5.56 Å². The van der Waals surface area contributed by atoms with Crippen LogP contribution in [0.25, 0.3) is 0 Å². The van der Waals surface area contributed by atoms with Gasteiger partial charge in [-0.2, -0.15) is 13.2 Å². The molecule has 0 fully saturated rings. The van der Waals surface area contributed by atoms with Gasteiger partial charge in [0.2, 0.25) is 5.91 Å². The van der Waals surface area contributed by atoms with Gasteiger partial charge in [-0.25, -0.2) is 4.79 Å². The van der Waals surface area contributed by atoms with E-state index < -0.39 is 30.5 Å². The Morgan fingerprint density at radius 3 is 2.11 bits per heavy atom. The molecule has 28 heavy (non-hydrogen) atoms. The highest BCUT2D eigenvalue weighted by atomic mass is 19.4. The number of nitrogens with one attached hydrogen (secondary N) is 1. The lowest BCUT2D eigenvalue weighted by Crippen LogP contribution is -2.45. The van der Waals surface area contributed by atoms with E-state index in [-0.39, 0.29) is 16.9 Å². The van der Waals surface area contributed by atoms with E-state index >= 15 is 0 Å². The first-order valence-corrected chi connectivity index (χ1v) is 8.08. The number of aryl methyl sites for hydroxylation is 2. The van der Waals surface area contributed by atoms with Gasteiger partial charge in [0.1, 0.15) is 6.54 Å². The number of carbonyl (C=O) groups excluding carboxylic acids is 2. The number of anilines is 2. The van der Waals surface area contributed by atoms with Gasteiger partial charge in [0.25, 0.3) is 0 Å². The van der Waals surface area contributed by atoms with Crippen molar-refractivity contribution >= 4 is 29.2 Å². The average molecular weight is 394 g/mol. The lowest BCUT2D eigenvalue weighted by Gasteiger charge is -2.24. The van der Waals surface area contributed by atoms with Crippen LogP contribution in [0.5, 0.6) is 0 Å². The molecule has 148 valence electrons. The van der Waals surface area contributed by atoms with Crippen molar-refractivity contribution in [3.63, 3.8) is 0 Å². The van der Waals surface area contributed by atoms with Crippen LogP contribution in [0.2, 0.25) is 0 Å². The van der Waals surface area contributed by atoms with E-state index in [9.17, 15) is 27.6 Å². The lowest BCUT2D eigenvalue weighted by atomic mass is 10.1. The number of carbonyl (C=O) groups is 3. The SMILES string of the molecule is Cc1ccc(N(CC(=O)Nc2ccc(C(=O)O)cc2)C(=O)C(F)(F)F)cc1C. The molecule has 0 saturated carbocycles. The Balaban J connectivity index is 2.23. The molecule has 0 aliphatic heterocycles. The summed E-state index contributed by atoms with van der Waals surface area (Å²) in [7, 11) is 0. The van der Waals surface area contributed by atoms with Gasteiger partial charge in [0.05, 0.1) is 5.56 Å². The topological polar surface area (TPSA) is 86.7 Å². The molecule has 2 amide bonds. The zero-order valence-electron chi connectivity index (χ0n) is 15.0. The fraction of sp³-hybridized carbons (Fsp3) is 0.211. The smallest absolute Gasteiger partial charge is 0.471 e. The maximum Gasteiger partial charge on any atom is 0.471 e. The third-order valence-corrected chi connectivity index (χ3v) is 4.01. The summed E-state index contributed by atoms with van der Waals surface area (Å²) < 4.78 is 39.0. The summed E-state index contributed by atoms with van der Waals surface area (Å²) in [4.78, 5) is 35.2. The molecule has 0 saturated heterocycles. The second-order valence-corrected chi connectivity index (χ2v) is 6.09. The number of alkyl halides is 3. The molecule has 9 heteroatoms. The number of nitrogens with zero attached hydrogens (tertiary/aromatic N) is 1. The van der Waals surface area contributed by atoms with Crippen LogP contribution in [0.15, 0.2) is 42.5 Å². The highest BCUT2D eigenvalue weighted by molar-refractivity contribution is 6.04. The van der Waals surface area contributed by atoms with E-state index in [1.54, 1.807) is 19.9 Å². The van der Waals surface area contributed by atoms with Crippen LogP contribution in [0.4, 0.5) is 24.5 Å². The van der Waals surface area contributed by atoms with E-state index in [2.05, 4.69) is 5.32 Å². The van der Waals surface area contributed by atoms with Crippen LogP contribution >= 0.6 is 0 Å². The summed E-state index contributed by atoms with van der Waals surface area (Å²) in [5, 5.41) is 11.2. The molecule has 2 N–H and O–H groups in total. The largest absolute Gasteiger partial charge is 0.478 e. The van der Waals surface area contributed by atoms with E-state index in [1.807, 2.05) is 0 Å². The molecule has 2 aromatic carbocycles. The van der Waals surface area contributed by atoms with Crippen molar-refractivity contribution in [2.75, 3.05) is 16.8 Å². The minimum Gasteiger partial charge on any atom is -0.478 e. The minimum atomic E-state index is -5.15. The van der Waals surface area contributed by atoms with Crippen LogP contribution in [0, 0.1) is 13.8 Å². The van der Waals surface area contributed by atoms with Crippen molar-refractivity contribution in [2.45, 2.75) is 20.0 Å². The fourth-order valence-corrected chi connectivity index (χ4v) is 2.37. The fourth-order valence-electron chi connectivity index (χ4n) is 2.37. The van der Waals surface area contributed by atoms with E-state index in [0.29, 0.717) is 10.5 Å². The Bertz CT molecular complexity index is 908. The second kappa shape index (κ2) is 8.12. The van der Waals surface area contributed by atoms with Crippen molar-refractivity contribution in [2.24, 2.45) is 0 Å². The second-order valence-electron chi connectivity index (χ2n) is 6.09. The number of halogens is 3. The van der Waals surface area contributed by atoms with Gasteiger partial charge in [0.15, 0.2) is 0 Å². The van der Waals surface area contributed by atoms with Crippen molar-refractivity contribution in [1.82, 2.24) is 0 Å². The molecule has 0 atom stereocenters. The molecule has 0 unspecified atom stereocenters. The van der Waals surface area contributed by atoms with Crippen LogP contribution in [0.3, 0.4) is 0 Å². The van der Waals surface area contributed by atoms with E-state index in [1.165, 1.54) is 36.4 Å². The molecule has 0 heterocycles. The Morgan fingerprint density at radius 1 is 1.00 bits per heavy atom. The normalized spacial score (nSPS) is 11.0. The molecule has 0 radical (unpaired) electrons. The van der Waals surface area contributed by atoms with Crippen LogP contribution in [-0.2, 0) is 9.59 Å². The number of carboxylic acid groups (broad SMARTS) is 1. The number of benzene rings is 2. The summed E-state index contributed by atoms with van der Waals surface area (Å²) in [6.45, 7) is 2.59. The van der Waals surface area contributed by atoms with Gasteiger partial charge in [0, 0.05) is 11.4 Å². The Kier molecular flexibility index (Phi) is 6.07. The molecule has 2 rings (SSSR count). The van der Waals surface area contributed by atoms with Gasteiger partial charge in [-0.15, -0.1) is 0 Å². The Hall–Kier alpha value is -3.36. The molecule has 0 aliphatic rings. The minimum absolute atomic E-state index is 0.0120. The van der Waals surface area contributed by atoms with Crippen LogP contribution in [0.1, 0.15) is 21.5 Å². The average Bonchev–Trinajstić information content (AvgIpc) is 2.61. The first kappa shape index (κ1) is 20.9. The summed E-state index contributed by atoms with van der Waals surface area (Å²) in [6.07, 6.45) is -5.15. The van der Waals surface area contributed by atoms with Gasteiger partial charge < -0.3 is 10.4 Å². The van der Waals surface area contributed by atoms with Gasteiger partial charge in [-0.1, -0.05) is 6.07 Å². The van der Waals surface area contributed by atoms with Crippen molar-refractivity contribution in [3.05, 3.63) is 59.2 Å². The standard InChI is InChI=1S/C19H17F3N2O4/c1-11-3-8-15(9-12(11)2)24(18(28)19(20,21)22)10-16(25)23-14-6-4-13(5-7-14)17(26)27/h3-9H,10H2,1-2H3,(H,23,25)(H,26,27). The predicted octanol–water partition coefficient (Wildman–Crippen LogP) is 3.54. The first-order chi connectivity index (χ1) is 13.0. The van der Waals surface area contributed by atoms with Gasteiger partial charge in [-0.05, 0) is 61.4 Å². The maximum absolute atomic E-state index is 13.0. The number of hydrogen-bond acceptors (Lipinski definition) is 3. The molecule has 0 aromatic heterocycles. The van der Waals surface area contributed by atoms with Gasteiger partial charge in [-0.3, -0.25) is 14.5 Å². The lowest BCUT2D eigenvalue weighted by molar-refractivity contribution is -0.170. The molecule has 6 nitrogen and oxygen atoms in total. The molecular weight excluding hydrogens is 377 g/mol. The predicted molar refractivity (Wildman–Crippen MR) is 96.4 cm³/mol. The molecular formula is C19H17F3N2O4. The van der Waals surface area contributed by atoms with Crippen molar-refractivity contribution in [3.8, 4) is 0 Å². The van der Waals surface area contributed by atoms with E-state index in [4.69, 9.17) is 5.11 Å². The number of hydrogen-bond donors (Lipinski definition) is 2. The van der Waals surface area contributed by atoms with Crippen molar-refractivity contribution < 1.29 is 32.7 Å². The van der Waals surface area contributed by atoms with Crippen LogP contribution < -0.4 is 10.2 Å². The summed E-state index contributed by atoms with van der Waals surface area (Å²) in [6, 6.07) is 9.36. The first-order valence-electron chi connectivity index (χ1n) is 8.08. The number of amides is 2. The van der Waals surface area contributed by atoms with Crippen LogP contribution in [-0.4, -0.2) is 35.6 Å². The molecule has 0 bridgehead atoms. The zero-order valence-corrected chi connectivity index (χ0v) is 15.0. The number of aromatic carboxylic acids is 1. The summed E-state index contributed by atoms with van der Waals surface area (Å²) in [5.41, 5.74) is 1.62. The van der Waals surface area contributed by atoms with Crippen molar-refractivity contribution in [1.29, 1.82) is 0 Å². The monoisotopic (exact) mass is 394 g/mol. The highest BCUT2D eigenvalue weighted by Crippen LogP contribution is 2.25. The molecule has 2 aromatic rings. The zero-order chi connectivity index (χ0) is 21.1. The Morgan fingerprint density at radius 2 is 1.61 bits per heavy atom. The molecule has 0 spiro atoms. The maximum atomic E-state index is 13.0. The number of carboxylic acids is 1. The van der Waals surface area contributed by atoms with Gasteiger partial charge >= 0.3 is 18.1 Å². The quantitative estimate of drug-likeness (QED) is 0.812. The highest BCUT2D eigenvalue weighted by Gasteiger charge is 2.43. The molecule has 0 aliphatic carbocycles. The third kappa shape index (κ3) is 5.09. The summed E-state index contributed by atoms with van der Waals surface area (Å²) >= 11 is 0. The third-order valence-electron chi connectivity index (χ3n) is 4.01. The summed E-state index contributed by atoms with van der Waals surface area (Å²) in [5.74, 6) is -4.18. The number of rotatable bonds is 5. The Labute approximate surface area is 158 Å².